The van der Waals surface area contributed by atoms with Gasteiger partial charge in [-0.05, 0) is 56.3 Å². The molecule has 0 saturated carbocycles. The molecule has 5 aromatic rings. The lowest BCUT2D eigenvalue weighted by Crippen LogP contribution is -2.35. The van der Waals surface area contributed by atoms with E-state index < -0.39 is 0 Å². The van der Waals surface area contributed by atoms with Crippen LogP contribution in [0.5, 0.6) is 11.5 Å². The Balaban J connectivity index is 1.25. The maximum absolute atomic E-state index is 6.10. The highest BCUT2D eigenvalue weighted by atomic mass is 16.5. The molecule has 4 heterocycles. The molecule has 184 valence electrons. The van der Waals surface area contributed by atoms with Gasteiger partial charge in [0.25, 0.3) is 0 Å². The Kier molecular flexibility index (Phi) is 5.96. The van der Waals surface area contributed by atoms with E-state index in [9.17, 15) is 0 Å². The highest BCUT2D eigenvalue weighted by Gasteiger charge is 2.15. The first-order valence-electron chi connectivity index (χ1n) is 12.1. The minimum absolute atomic E-state index is 0.337. The lowest BCUT2D eigenvalue weighted by molar-refractivity contribution is 0.477. The highest BCUT2D eigenvalue weighted by molar-refractivity contribution is 5.87. The van der Waals surface area contributed by atoms with Gasteiger partial charge in [0.2, 0.25) is 5.95 Å². The molecule has 3 N–H and O–H groups in total. The molecule has 1 saturated heterocycles. The minimum atomic E-state index is 0.337. The molecule has 3 aromatic heterocycles. The van der Waals surface area contributed by atoms with Crippen molar-refractivity contribution in [3.05, 3.63) is 60.8 Å². The Bertz CT molecular complexity index is 1630. The molecule has 6 rings (SSSR count). The highest BCUT2D eigenvalue weighted by Crippen LogP contribution is 2.31. The third-order valence-electron chi connectivity index (χ3n) is 6.37. The van der Waals surface area contributed by atoms with Crippen LogP contribution >= 0.6 is 0 Å². The van der Waals surface area contributed by atoms with Gasteiger partial charge in [0.05, 0.1) is 29.1 Å². The number of imidazole rings is 1. The zero-order valence-electron chi connectivity index (χ0n) is 20.3. The van der Waals surface area contributed by atoms with Crippen LogP contribution in [0.25, 0.3) is 22.1 Å². The van der Waals surface area contributed by atoms with Crippen molar-refractivity contribution in [1.82, 2.24) is 34.8 Å². The van der Waals surface area contributed by atoms with Crippen LogP contribution in [0.4, 0.5) is 17.5 Å². The van der Waals surface area contributed by atoms with E-state index in [0.29, 0.717) is 45.9 Å². The summed E-state index contributed by atoms with van der Waals surface area (Å²) in [6.45, 7) is 1.96. The van der Waals surface area contributed by atoms with E-state index in [2.05, 4.69) is 41.8 Å². The molecule has 0 amide bonds. The molecule has 10 nitrogen and oxygen atoms in total. The van der Waals surface area contributed by atoms with Gasteiger partial charge in [-0.1, -0.05) is 5.92 Å². The summed E-state index contributed by atoms with van der Waals surface area (Å²) in [4.78, 5) is 22.3. The Morgan fingerprint density at radius 3 is 2.81 bits per heavy atom. The summed E-state index contributed by atoms with van der Waals surface area (Å²) in [6.07, 6.45) is 12.8. The summed E-state index contributed by atoms with van der Waals surface area (Å²) in [5, 5.41) is 10.1. The van der Waals surface area contributed by atoms with Gasteiger partial charge < -0.3 is 25.3 Å². The molecule has 0 atom stereocenters. The maximum atomic E-state index is 6.10. The Hall–Kier alpha value is -4.75. The van der Waals surface area contributed by atoms with Crippen molar-refractivity contribution in [1.29, 1.82) is 0 Å². The topological polar surface area (TPSA) is 115 Å². The number of aryl methyl sites for hydroxylation is 1. The first kappa shape index (κ1) is 22.7. The fourth-order valence-corrected chi connectivity index (χ4v) is 4.42. The number of piperidine rings is 1. The number of terminal acetylenes is 1. The largest absolute Gasteiger partial charge is 0.456 e. The fourth-order valence-electron chi connectivity index (χ4n) is 4.42. The molecular formula is C27H25N9O. The summed E-state index contributed by atoms with van der Waals surface area (Å²) in [6, 6.07) is 11.7. The number of aromatic nitrogens is 6. The maximum Gasteiger partial charge on any atom is 0.223 e. The predicted molar refractivity (Wildman–Crippen MR) is 143 cm³/mol. The number of nitrogens with zero attached hydrogens (tertiary/aromatic N) is 6. The van der Waals surface area contributed by atoms with E-state index in [-0.39, 0.29) is 0 Å². The van der Waals surface area contributed by atoms with Crippen LogP contribution in [-0.4, -0.2) is 48.6 Å². The number of hydrogen-bond acceptors (Lipinski definition) is 9. The second kappa shape index (κ2) is 9.72. The van der Waals surface area contributed by atoms with E-state index in [0.717, 1.165) is 42.7 Å². The third kappa shape index (κ3) is 4.72. The van der Waals surface area contributed by atoms with E-state index in [1.54, 1.807) is 12.5 Å². The van der Waals surface area contributed by atoms with Crippen molar-refractivity contribution in [2.24, 2.45) is 7.05 Å². The molecule has 1 aliphatic heterocycles. The monoisotopic (exact) mass is 491 g/mol. The molecule has 0 radical (unpaired) electrons. The average Bonchev–Trinajstić information content (AvgIpc) is 3.30. The van der Waals surface area contributed by atoms with E-state index >= 15 is 0 Å². The first-order valence-corrected chi connectivity index (χ1v) is 12.1. The van der Waals surface area contributed by atoms with Crippen molar-refractivity contribution in [3.8, 4) is 23.8 Å². The summed E-state index contributed by atoms with van der Waals surface area (Å²) in [7, 11) is 1.96. The van der Waals surface area contributed by atoms with E-state index in [1.165, 1.54) is 6.33 Å². The number of nitrogens with one attached hydrogen (secondary N) is 3. The van der Waals surface area contributed by atoms with Crippen LogP contribution in [0, 0.1) is 12.3 Å². The van der Waals surface area contributed by atoms with Gasteiger partial charge in [-0.25, -0.2) is 24.9 Å². The molecule has 1 aliphatic rings. The summed E-state index contributed by atoms with van der Waals surface area (Å²) in [5.74, 6) is 5.09. The van der Waals surface area contributed by atoms with Crippen LogP contribution in [0.2, 0.25) is 0 Å². The normalized spacial score (nSPS) is 13.9. The molecule has 37 heavy (non-hydrogen) atoms. The molecule has 2 aromatic carbocycles. The van der Waals surface area contributed by atoms with Gasteiger partial charge in [0.15, 0.2) is 5.82 Å². The van der Waals surface area contributed by atoms with Crippen molar-refractivity contribution in [2.75, 3.05) is 23.7 Å². The number of rotatable bonds is 6. The van der Waals surface area contributed by atoms with Crippen LogP contribution < -0.4 is 20.7 Å². The number of hydrogen-bond donors (Lipinski definition) is 3. The van der Waals surface area contributed by atoms with Crippen molar-refractivity contribution < 1.29 is 4.74 Å². The van der Waals surface area contributed by atoms with Crippen LogP contribution in [0.15, 0.2) is 55.2 Å². The number of ether oxygens (including phenoxy) is 1. The zero-order valence-corrected chi connectivity index (χ0v) is 20.3. The minimum Gasteiger partial charge on any atom is -0.456 e. The average molecular weight is 492 g/mol. The molecule has 0 aliphatic carbocycles. The number of fused-ring (bicyclic) bond motifs is 2. The molecule has 0 spiro atoms. The molecule has 0 unspecified atom stereocenters. The molecule has 10 heteroatoms. The third-order valence-corrected chi connectivity index (χ3v) is 6.37. The van der Waals surface area contributed by atoms with Gasteiger partial charge in [-0.3, -0.25) is 0 Å². The quantitative estimate of drug-likeness (QED) is 0.303. The Morgan fingerprint density at radius 1 is 1.05 bits per heavy atom. The lowest BCUT2D eigenvalue weighted by Gasteiger charge is -2.23. The predicted octanol–water partition coefficient (Wildman–Crippen LogP) is 3.99. The number of anilines is 3. The van der Waals surface area contributed by atoms with Crippen molar-refractivity contribution in [2.45, 2.75) is 18.9 Å². The summed E-state index contributed by atoms with van der Waals surface area (Å²) >= 11 is 0. The smallest absolute Gasteiger partial charge is 0.223 e. The standard InChI is InChI=1S/C27H25N9O/c1-3-17-12-19(4-7-24(17)37-20-5-6-23-21(13-20)32-16-36(23)2)33-26-25-22(30-15-31-26)14-29-27(35-25)34-18-8-10-28-11-9-18/h1,4-7,12-16,18,28H,8-11H2,2H3,(H,29,34,35)(H,30,31,33). The van der Waals surface area contributed by atoms with Gasteiger partial charge in [0, 0.05) is 24.8 Å². The zero-order chi connectivity index (χ0) is 25.2. The van der Waals surface area contributed by atoms with Crippen molar-refractivity contribution in [3.63, 3.8) is 0 Å². The van der Waals surface area contributed by atoms with Crippen LogP contribution in [0.3, 0.4) is 0 Å². The van der Waals surface area contributed by atoms with Gasteiger partial charge in [-0.2, -0.15) is 0 Å². The molecule has 1 fully saturated rings. The number of benzene rings is 2. The van der Waals surface area contributed by atoms with Crippen LogP contribution in [-0.2, 0) is 7.05 Å². The van der Waals surface area contributed by atoms with E-state index in [1.807, 2.05) is 48.0 Å². The van der Waals surface area contributed by atoms with Crippen LogP contribution in [0.1, 0.15) is 18.4 Å². The molecule has 0 bridgehead atoms. The molecular weight excluding hydrogens is 466 g/mol. The van der Waals surface area contributed by atoms with Gasteiger partial charge in [-0.15, -0.1) is 6.42 Å². The summed E-state index contributed by atoms with van der Waals surface area (Å²) < 4.78 is 8.06. The van der Waals surface area contributed by atoms with Gasteiger partial charge >= 0.3 is 0 Å². The van der Waals surface area contributed by atoms with Crippen molar-refractivity contribution >= 4 is 39.5 Å². The fraction of sp³-hybridized carbons (Fsp3) is 0.222. The Labute approximate surface area is 213 Å². The first-order chi connectivity index (χ1) is 18.2. The lowest BCUT2D eigenvalue weighted by atomic mass is 10.1. The Morgan fingerprint density at radius 2 is 1.95 bits per heavy atom. The SMILES string of the molecule is C#Cc1cc(Nc2ncnc3cnc(NC4CCNCC4)nc23)ccc1Oc1ccc2c(c1)ncn2C. The van der Waals surface area contributed by atoms with E-state index in [4.69, 9.17) is 16.1 Å². The second-order valence-electron chi connectivity index (χ2n) is 8.91. The van der Waals surface area contributed by atoms with Gasteiger partial charge in [0.1, 0.15) is 28.9 Å². The summed E-state index contributed by atoms with van der Waals surface area (Å²) in [5.41, 5.74) is 4.51. The second-order valence-corrected chi connectivity index (χ2v) is 8.91.